The number of rotatable bonds is 10. The van der Waals surface area contributed by atoms with E-state index in [2.05, 4.69) is 5.32 Å². The molecule has 0 unspecified atom stereocenters. The van der Waals surface area contributed by atoms with Crippen molar-refractivity contribution in [2.24, 2.45) is 0 Å². The molecule has 11 heteroatoms. The number of carbonyl (C=O) groups excluding carboxylic acids is 3. The number of nitrogens with zero attached hydrogens (tertiary/aromatic N) is 2. The van der Waals surface area contributed by atoms with Crippen LogP contribution in [-0.4, -0.2) is 54.0 Å². The van der Waals surface area contributed by atoms with Gasteiger partial charge in [-0.3, -0.25) is 14.4 Å². The maximum absolute atomic E-state index is 13.5. The van der Waals surface area contributed by atoms with Gasteiger partial charge in [0.15, 0.2) is 0 Å². The van der Waals surface area contributed by atoms with Gasteiger partial charge in [0.05, 0.1) is 15.6 Å². The fourth-order valence-electron chi connectivity index (χ4n) is 3.99. The van der Waals surface area contributed by atoms with E-state index in [0.29, 0.717) is 26.3 Å². The smallest absolute Gasteiger partial charge is 0.269 e. The van der Waals surface area contributed by atoms with Gasteiger partial charge in [0.25, 0.3) is 15.9 Å². The lowest BCUT2D eigenvalue weighted by Gasteiger charge is -2.32. The summed E-state index contributed by atoms with van der Waals surface area (Å²) in [6, 6.07) is 9.99. The molecular formula is C25H29Cl2N3O5S. The number of halogens is 2. The van der Waals surface area contributed by atoms with Gasteiger partial charge in [-0.2, -0.15) is 0 Å². The van der Waals surface area contributed by atoms with Crippen LogP contribution in [0, 0.1) is 0 Å². The molecule has 2 atom stereocenters. The number of fused-ring (bicyclic) bond motifs is 1. The van der Waals surface area contributed by atoms with Crippen molar-refractivity contribution in [3.8, 4) is 0 Å². The van der Waals surface area contributed by atoms with Gasteiger partial charge in [-0.25, -0.2) is 12.7 Å². The minimum absolute atomic E-state index is 0.0586. The van der Waals surface area contributed by atoms with Crippen LogP contribution in [0.3, 0.4) is 0 Å². The van der Waals surface area contributed by atoms with Crippen molar-refractivity contribution in [3.05, 3.63) is 63.6 Å². The number of amides is 3. The molecule has 1 heterocycles. The maximum Gasteiger partial charge on any atom is 0.269 e. The quantitative estimate of drug-likeness (QED) is 0.473. The summed E-state index contributed by atoms with van der Waals surface area (Å²) in [5, 5.41) is 3.58. The standard InChI is InChI=1S/C25H29Cl2N3O5S/c1-4-16(3)28-24(32)21(5-2)29(15-17-10-11-19(26)20(27)14-17)23(31)12-13-30-25(33)18-8-6-7-9-22(18)36(30,34)35/h6-11,14,16,21H,4-5,12-13,15H2,1-3H3,(H,28,32)/t16-,21+/m1/s1. The van der Waals surface area contributed by atoms with Gasteiger partial charge in [-0.05, 0) is 49.6 Å². The van der Waals surface area contributed by atoms with Crippen LogP contribution in [-0.2, 0) is 26.2 Å². The first-order valence-corrected chi connectivity index (χ1v) is 13.9. The number of benzene rings is 2. The monoisotopic (exact) mass is 553 g/mol. The number of hydrogen-bond acceptors (Lipinski definition) is 5. The second-order valence-corrected chi connectivity index (χ2v) is 11.3. The Bertz CT molecular complexity index is 1270. The van der Waals surface area contributed by atoms with E-state index in [4.69, 9.17) is 23.2 Å². The number of carbonyl (C=O) groups is 3. The van der Waals surface area contributed by atoms with Crippen LogP contribution in [0.4, 0.5) is 0 Å². The van der Waals surface area contributed by atoms with Crippen LogP contribution in [0.1, 0.15) is 56.0 Å². The molecule has 2 aromatic rings. The lowest BCUT2D eigenvalue weighted by molar-refractivity contribution is -0.141. The highest BCUT2D eigenvalue weighted by Gasteiger charge is 2.41. The summed E-state index contributed by atoms with van der Waals surface area (Å²) in [4.78, 5) is 40.6. The molecule has 0 spiro atoms. The molecule has 194 valence electrons. The summed E-state index contributed by atoms with van der Waals surface area (Å²) >= 11 is 12.2. The van der Waals surface area contributed by atoms with E-state index >= 15 is 0 Å². The average molecular weight is 554 g/mol. The number of sulfonamides is 1. The van der Waals surface area contributed by atoms with E-state index in [1.807, 2.05) is 13.8 Å². The Kier molecular flexibility index (Phi) is 9.03. The van der Waals surface area contributed by atoms with Gasteiger partial charge in [0, 0.05) is 25.6 Å². The fraction of sp³-hybridized carbons (Fsp3) is 0.400. The minimum Gasteiger partial charge on any atom is -0.352 e. The summed E-state index contributed by atoms with van der Waals surface area (Å²) in [6.45, 7) is 5.33. The Labute approximate surface area is 221 Å². The third-order valence-electron chi connectivity index (χ3n) is 6.16. The zero-order chi connectivity index (χ0) is 26.6. The predicted molar refractivity (Wildman–Crippen MR) is 138 cm³/mol. The van der Waals surface area contributed by atoms with Gasteiger partial charge in [-0.15, -0.1) is 0 Å². The summed E-state index contributed by atoms with van der Waals surface area (Å²) in [5.74, 6) is -1.44. The molecule has 1 aliphatic heterocycles. The highest BCUT2D eigenvalue weighted by molar-refractivity contribution is 7.90. The Balaban J connectivity index is 1.85. The van der Waals surface area contributed by atoms with Crippen molar-refractivity contribution < 1.29 is 22.8 Å². The molecule has 1 aliphatic rings. The van der Waals surface area contributed by atoms with Crippen LogP contribution >= 0.6 is 23.2 Å². The van der Waals surface area contributed by atoms with Crippen molar-refractivity contribution in [2.75, 3.05) is 6.54 Å². The Morgan fingerprint density at radius 3 is 2.36 bits per heavy atom. The van der Waals surface area contributed by atoms with Crippen molar-refractivity contribution in [1.82, 2.24) is 14.5 Å². The third-order valence-corrected chi connectivity index (χ3v) is 8.74. The Morgan fingerprint density at radius 2 is 1.75 bits per heavy atom. The van der Waals surface area contributed by atoms with E-state index in [9.17, 15) is 22.8 Å². The van der Waals surface area contributed by atoms with Crippen LogP contribution in [0.25, 0.3) is 0 Å². The van der Waals surface area contributed by atoms with E-state index in [0.717, 1.165) is 6.42 Å². The molecule has 36 heavy (non-hydrogen) atoms. The molecule has 0 bridgehead atoms. The first-order chi connectivity index (χ1) is 17.0. The SMILES string of the molecule is CC[C@@H](C)NC(=O)[C@H](CC)N(Cc1ccc(Cl)c(Cl)c1)C(=O)CCN1C(=O)c2ccccc2S1(=O)=O. The van der Waals surface area contributed by atoms with E-state index in [1.54, 1.807) is 37.3 Å². The molecule has 0 saturated carbocycles. The van der Waals surface area contributed by atoms with Crippen molar-refractivity contribution in [3.63, 3.8) is 0 Å². The number of hydrogen-bond donors (Lipinski definition) is 1. The third kappa shape index (κ3) is 5.85. The number of nitrogens with one attached hydrogen (secondary N) is 1. The van der Waals surface area contributed by atoms with Gasteiger partial charge < -0.3 is 10.2 Å². The topological polar surface area (TPSA) is 104 Å². The summed E-state index contributed by atoms with van der Waals surface area (Å²) in [7, 11) is -4.05. The molecule has 0 saturated heterocycles. The van der Waals surface area contributed by atoms with Crippen LogP contribution in [0.2, 0.25) is 10.0 Å². The van der Waals surface area contributed by atoms with Crippen molar-refractivity contribution in [2.45, 2.75) is 63.6 Å². The van der Waals surface area contributed by atoms with E-state index in [1.165, 1.54) is 17.0 Å². The first kappa shape index (κ1) is 28.0. The van der Waals surface area contributed by atoms with Gasteiger partial charge >= 0.3 is 0 Å². The minimum atomic E-state index is -4.05. The fourth-order valence-corrected chi connectivity index (χ4v) is 5.88. The molecule has 8 nitrogen and oxygen atoms in total. The second kappa shape index (κ2) is 11.6. The van der Waals surface area contributed by atoms with Crippen molar-refractivity contribution in [1.29, 1.82) is 0 Å². The van der Waals surface area contributed by atoms with E-state index in [-0.39, 0.29) is 41.9 Å². The second-order valence-electron chi connectivity index (χ2n) is 8.64. The largest absolute Gasteiger partial charge is 0.352 e. The molecule has 0 radical (unpaired) electrons. The Morgan fingerprint density at radius 1 is 1.06 bits per heavy atom. The molecule has 1 N–H and O–H groups in total. The van der Waals surface area contributed by atoms with Crippen molar-refractivity contribution >= 4 is 50.9 Å². The Hall–Kier alpha value is -2.62. The van der Waals surface area contributed by atoms with Gasteiger partial charge in [0.2, 0.25) is 11.8 Å². The summed E-state index contributed by atoms with van der Waals surface area (Å²) in [6.07, 6.45) is 0.771. The van der Waals surface area contributed by atoms with Crippen LogP contribution in [0.5, 0.6) is 0 Å². The predicted octanol–water partition coefficient (Wildman–Crippen LogP) is 4.25. The lowest BCUT2D eigenvalue weighted by atomic mass is 10.1. The van der Waals surface area contributed by atoms with Gasteiger partial charge in [0.1, 0.15) is 10.9 Å². The van der Waals surface area contributed by atoms with Crippen LogP contribution < -0.4 is 5.32 Å². The molecule has 2 aromatic carbocycles. The molecule has 3 rings (SSSR count). The molecular weight excluding hydrogens is 525 g/mol. The summed E-state index contributed by atoms with van der Waals surface area (Å²) in [5.41, 5.74) is 0.738. The molecule has 3 amide bonds. The highest BCUT2D eigenvalue weighted by atomic mass is 35.5. The van der Waals surface area contributed by atoms with Gasteiger partial charge in [-0.1, -0.05) is 55.2 Å². The summed E-state index contributed by atoms with van der Waals surface area (Å²) < 4.78 is 26.5. The highest BCUT2D eigenvalue weighted by Crippen LogP contribution is 2.30. The zero-order valence-electron chi connectivity index (χ0n) is 20.3. The maximum atomic E-state index is 13.5. The molecule has 0 aromatic heterocycles. The van der Waals surface area contributed by atoms with E-state index < -0.39 is 27.9 Å². The lowest BCUT2D eigenvalue weighted by Crippen LogP contribution is -2.51. The zero-order valence-corrected chi connectivity index (χ0v) is 22.7. The van der Waals surface area contributed by atoms with Crippen LogP contribution in [0.15, 0.2) is 47.4 Å². The molecule has 0 aliphatic carbocycles. The molecule has 0 fully saturated rings. The normalized spacial score (nSPS) is 15.8. The first-order valence-electron chi connectivity index (χ1n) is 11.7. The average Bonchev–Trinajstić information content (AvgIpc) is 3.04.